The van der Waals surface area contributed by atoms with Gasteiger partial charge in [0.05, 0.1) is 26.1 Å². The van der Waals surface area contributed by atoms with Gasteiger partial charge >= 0.3 is 5.69 Å². The smallest absolute Gasteiger partial charge is 0.332 e. The average molecular weight is 461 g/mol. The Morgan fingerprint density at radius 1 is 1.03 bits per heavy atom. The number of rotatable bonds is 13. The summed E-state index contributed by atoms with van der Waals surface area (Å²) in [5, 5.41) is 10.6. The van der Waals surface area contributed by atoms with Crippen LogP contribution in [0.3, 0.4) is 0 Å². The summed E-state index contributed by atoms with van der Waals surface area (Å²) in [6, 6.07) is 7.03. The second-order valence-electron chi connectivity index (χ2n) is 7.68. The molecule has 0 saturated heterocycles. The van der Waals surface area contributed by atoms with E-state index in [9.17, 15) is 14.7 Å². The highest BCUT2D eigenvalue weighted by Gasteiger charge is 2.20. The molecule has 180 valence electrons. The predicted molar refractivity (Wildman–Crippen MR) is 124 cm³/mol. The molecule has 0 aliphatic heterocycles. The maximum absolute atomic E-state index is 13.2. The van der Waals surface area contributed by atoms with E-state index in [1.54, 1.807) is 42.3 Å². The number of hydrogen-bond acceptors (Lipinski definition) is 7. The Balaban J connectivity index is 1.84. The van der Waals surface area contributed by atoms with E-state index >= 15 is 0 Å². The van der Waals surface area contributed by atoms with Crippen molar-refractivity contribution in [3.8, 4) is 11.5 Å². The fourth-order valence-corrected chi connectivity index (χ4v) is 3.53. The van der Waals surface area contributed by atoms with Gasteiger partial charge in [-0.3, -0.25) is 13.9 Å². The van der Waals surface area contributed by atoms with Crippen molar-refractivity contribution in [1.29, 1.82) is 0 Å². The molecule has 0 radical (unpaired) electrons. The molecule has 10 heteroatoms. The van der Waals surface area contributed by atoms with E-state index in [0.717, 1.165) is 23.2 Å². The van der Waals surface area contributed by atoms with Crippen molar-refractivity contribution in [2.24, 2.45) is 0 Å². The molecule has 0 saturated carbocycles. The molecule has 0 amide bonds. The van der Waals surface area contributed by atoms with Crippen LogP contribution in [0, 0.1) is 0 Å². The van der Waals surface area contributed by atoms with Crippen LogP contribution in [0.5, 0.6) is 11.5 Å². The van der Waals surface area contributed by atoms with E-state index in [2.05, 4.69) is 4.98 Å². The minimum atomic E-state index is -1.06. The zero-order valence-corrected chi connectivity index (χ0v) is 19.4. The van der Waals surface area contributed by atoms with Crippen LogP contribution < -0.4 is 20.7 Å². The molecule has 0 unspecified atom stereocenters. The monoisotopic (exact) mass is 460 g/mol. The van der Waals surface area contributed by atoms with Gasteiger partial charge in [0, 0.05) is 20.2 Å². The molecule has 0 aliphatic rings. The summed E-state index contributed by atoms with van der Waals surface area (Å²) in [6.45, 7) is 5.50. The lowest BCUT2D eigenvalue weighted by atomic mass is 10.3. The van der Waals surface area contributed by atoms with Crippen molar-refractivity contribution < 1.29 is 19.3 Å². The second kappa shape index (κ2) is 11.7. The van der Waals surface area contributed by atoms with Crippen LogP contribution in [0.15, 0.2) is 40.2 Å². The van der Waals surface area contributed by atoms with Crippen LogP contribution in [0.2, 0.25) is 0 Å². The Hall–Kier alpha value is -3.11. The number of aryl methyl sites for hydroxylation is 1. The molecule has 2 heterocycles. The number of hydrogen-bond donors (Lipinski definition) is 1. The van der Waals surface area contributed by atoms with Gasteiger partial charge in [0.15, 0.2) is 11.2 Å². The van der Waals surface area contributed by atoms with Crippen LogP contribution in [0.25, 0.3) is 11.2 Å². The van der Waals surface area contributed by atoms with Crippen LogP contribution in [0.1, 0.15) is 26.7 Å². The van der Waals surface area contributed by atoms with Gasteiger partial charge in [-0.1, -0.05) is 13.3 Å². The summed E-state index contributed by atoms with van der Waals surface area (Å²) >= 11 is 0. The third-order valence-corrected chi connectivity index (χ3v) is 5.23. The first kappa shape index (κ1) is 24.5. The number of methoxy groups -OCH3 is 1. The van der Waals surface area contributed by atoms with Crippen LogP contribution >= 0.6 is 0 Å². The lowest BCUT2D eigenvalue weighted by Gasteiger charge is -2.16. The Labute approximate surface area is 192 Å². The quantitative estimate of drug-likeness (QED) is 0.413. The Morgan fingerprint density at radius 3 is 2.36 bits per heavy atom. The number of nitrogens with zero attached hydrogens (tertiary/aromatic N) is 4. The summed E-state index contributed by atoms with van der Waals surface area (Å²) in [5.41, 5.74) is -0.303. The number of imidazole rings is 1. The Kier molecular flexibility index (Phi) is 8.67. The largest absolute Gasteiger partial charge is 0.494 e. The number of aromatic nitrogens is 4. The molecule has 33 heavy (non-hydrogen) atoms. The molecule has 0 spiro atoms. The maximum Gasteiger partial charge on any atom is 0.332 e. The van der Waals surface area contributed by atoms with Gasteiger partial charge in [0.25, 0.3) is 5.56 Å². The molecule has 2 aromatic heterocycles. The highest BCUT2D eigenvalue weighted by Crippen LogP contribution is 2.17. The molecule has 1 aromatic carbocycles. The van der Waals surface area contributed by atoms with Crippen LogP contribution in [0.4, 0.5) is 0 Å². The first-order chi connectivity index (χ1) is 16.0. The normalized spacial score (nSPS) is 12.2. The van der Waals surface area contributed by atoms with Crippen molar-refractivity contribution in [3.05, 3.63) is 51.4 Å². The van der Waals surface area contributed by atoms with Crippen molar-refractivity contribution in [2.45, 2.75) is 52.4 Å². The molecule has 10 nitrogen and oxygen atoms in total. The fraction of sp³-hybridized carbons (Fsp3) is 0.522. The predicted octanol–water partition coefficient (Wildman–Crippen LogP) is 1.64. The molecule has 3 rings (SSSR count). The first-order valence-corrected chi connectivity index (χ1v) is 11.2. The molecular formula is C23H32N4O6. The van der Waals surface area contributed by atoms with Crippen molar-refractivity contribution >= 4 is 11.2 Å². The molecule has 1 N–H and O–H groups in total. The van der Waals surface area contributed by atoms with E-state index in [4.69, 9.17) is 14.2 Å². The van der Waals surface area contributed by atoms with Gasteiger partial charge in [0.2, 0.25) is 0 Å². The number of aliphatic hydroxyl groups excluding tert-OH is 1. The summed E-state index contributed by atoms with van der Waals surface area (Å²) in [5.74, 6) is 1.28. The Morgan fingerprint density at radius 2 is 1.73 bits per heavy atom. The fourth-order valence-electron chi connectivity index (χ4n) is 3.53. The van der Waals surface area contributed by atoms with Crippen LogP contribution in [-0.2, 0) is 24.4 Å². The maximum atomic E-state index is 13.2. The van der Waals surface area contributed by atoms with E-state index in [-0.39, 0.29) is 13.2 Å². The number of unbranched alkanes of at least 4 members (excludes halogenated alkanes) is 1. The first-order valence-electron chi connectivity index (χ1n) is 11.2. The zero-order chi connectivity index (χ0) is 23.8. The van der Waals surface area contributed by atoms with Gasteiger partial charge in [-0.05, 0) is 37.6 Å². The van der Waals surface area contributed by atoms with E-state index in [1.807, 2.05) is 13.8 Å². The van der Waals surface area contributed by atoms with Crippen molar-refractivity contribution in [3.63, 3.8) is 0 Å². The third kappa shape index (κ3) is 5.82. The molecule has 1 atom stereocenters. The van der Waals surface area contributed by atoms with Crippen molar-refractivity contribution in [1.82, 2.24) is 18.7 Å². The lowest BCUT2D eigenvalue weighted by Crippen LogP contribution is -2.44. The zero-order valence-electron chi connectivity index (χ0n) is 19.4. The number of benzene rings is 1. The van der Waals surface area contributed by atoms with Gasteiger partial charge in [-0.2, -0.15) is 0 Å². The highest BCUT2D eigenvalue weighted by molar-refractivity contribution is 5.70. The summed E-state index contributed by atoms with van der Waals surface area (Å²) in [4.78, 5) is 30.7. The third-order valence-electron chi connectivity index (χ3n) is 5.23. The minimum absolute atomic E-state index is 0.0736. The molecular weight excluding hydrogens is 428 g/mol. The summed E-state index contributed by atoms with van der Waals surface area (Å²) in [7, 11) is 1.58. The molecule has 3 aromatic rings. The van der Waals surface area contributed by atoms with E-state index in [1.165, 1.54) is 4.57 Å². The van der Waals surface area contributed by atoms with Gasteiger partial charge in [0.1, 0.15) is 24.2 Å². The number of ether oxygens (including phenoxy) is 3. The summed E-state index contributed by atoms with van der Waals surface area (Å²) in [6.07, 6.45) is 2.13. The topological polar surface area (TPSA) is 110 Å². The highest BCUT2D eigenvalue weighted by atomic mass is 16.5. The van der Waals surface area contributed by atoms with E-state index < -0.39 is 17.4 Å². The van der Waals surface area contributed by atoms with Crippen molar-refractivity contribution in [2.75, 3.05) is 26.9 Å². The van der Waals surface area contributed by atoms with E-state index in [0.29, 0.717) is 43.2 Å². The minimum Gasteiger partial charge on any atom is -0.494 e. The van der Waals surface area contributed by atoms with Gasteiger partial charge in [-0.15, -0.1) is 0 Å². The van der Waals surface area contributed by atoms with Gasteiger partial charge < -0.3 is 23.9 Å². The SMILES string of the molecule is CCCCn1c(=O)n(C[C@@H](O)COc2ccc(OCC)cc2)c(=O)c2c1ncn2CCOC. The van der Waals surface area contributed by atoms with Gasteiger partial charge in [-0.25, -0.2) is 9.78 Å². The standard InChI is InChI=1S/C23H32N4O6/c1-4-6-11-26-21-20(25(16-24-21)12-13-31-3)22(29)27(23(26)30)14-17(28)15-33-19-9-7-18(8-10-19)32-5-2/h7-10,16-17,28H,4-6,11-15H2,1-3H3/t17-/m1/s1. The average Bonchev–Trinajstić information content (AvgIpc) is 3.24. The second-order valence-corrected chi connectivity index (χ2v) is 7.68. The molecule has 0 aliphatic carbocycles. The molecule has 0 bridgehead atoms. The Bertz CT molecular complexity index is 1150. The lowest BCUT2D eigenvalue weighted by molar-refractivity contribution is 0.0901. The molecule has 0 fully saturated rings. The van der Waals surface area contributed by atoms with Crippen LogP contribution in [-0.4, -0.2) is 56.8 Å². The number of aliphatic hydroxyl groups is 1. The summed E-state index contributed by atoms with van der Waals surface area (Å²) < 4.78 is 20.4. The number of fused-ring (bicyclic) bond motifs is 1.